The quantitative estimate of drug-likeness (QED) is 0.740. The Labute approximate surface area is 91.5 Å². The first-order chi connectivity index (χ1) is 7.19. The predicted molar refractivity (Wildman–Crippen MR) is 60.9 cm³/mol. The van der Waals surface area contributed by atoms with Crippen molar-refractivity contribution in [3.8, 4) is 0 Å². The monoisotopic (exact) mass is 211 g/mol. The Kier molecular flexibility index (Phi) is 2.87. The van der Waals surface area contributed by atoms with Gasteiger partial charge in [0.05, 0.1) is 18.7 Å². The number of guanidine groups is 1. The predicted octanol–water partition coefficient (Wildman–Crippen LogP) is 0.964. The summed E-state index contributed by atoms with van der Waals surface area (Å²) < 4.78 is 5.61. The molecule has 0 aromatic rings. The molecule has 0 saturated carbocycles. The second-order valence-electron chi connectivity index (χ2n) is 4.68. The SMILES string of the molecule is CCC(C)N1C(N)=NCC12CCCOC2. The van der Waals surface area contributed by atoms with E-state index in [1.807, 2.05) is 0 Å². The molecule has 1 saturated heterocycles. The minimum Gasteiger partial charge on any atom is -0.379 e. The average molecular weight is 211 g/mol. The molecular formula is C11H21N3O. The molecule has 0 aliphatic carbocycles. The van der Waals surface area contributed by atoms with Gasteiger partial charge in [-0.25, -0.2) is 0 Å². The second-order valence-corrected chi connectivity index (χ2v) is 4.68. The van der Waals surface area contributed by atoms with Gasteiger partial charge in [-0.1, -0.05) is 6.92 Å². The zero-order valence-corrected chi connectivity index (χ0v) is 9.70. The summed E-state index contributed by atoms with van der Waals surface area (Å²) in [6.07, 6.45) is 3.37. The number of nitrogens with zero attached hydrogens (tertiary/aromatic N) is 2. The fraction of sp³-hybridized carbons (Fsp3) is 0.909. The topological polar surface area (TPSA) is 50.8 Å². The molecule has 1 fully saturated rings. The Morgan fingerprint density at radius 3 is 3.07 bits per heavy atom. The lowest BCUT2D eigenvalue weighted by Crippen LogP contribution is -2.59. The highest BCUT2D eigenvalue weighted by Gasteiger charge is 2.45. The number of hydrogen-bond acceptors (Lipinski definition) is 4. The van der Waals surface area contributed by atoms with E-state index >= 15 is 0 Å². The number of ether oxygens (including phenoxy) is 1. The van der Waals surface area contributed by atoms with E-state index in [4.69, 9.17) is 10.5 Å². The molecule has 0 amide bonds. The first-order valence-corrected chi connectivity index (χ1v) is 5.86. The first-order valence-electron chi connectivity index (χ1n) is 5.86. The minimum atomic E-state index is 0.0672. The van der Waals surface area contributed by atoms with E-state index in [-0.39, 0.29) is 5.54 Å². The van der Waals surface area contributed by atoms with Crippen LogP contribution in [0.5, 0.6) is 0 Å². The Balaban J connectivity index is 2.18. The Bertz CT molecular complexity index is 259. The number of rotatable bonds is 2. The van der Waals surface area contributed by atoms with Crippen LogP contribution in [0.25, 0.3) is 0 Å². The van der Waals surface area contributed by atoms with Crippen LogP contribution >= 0.6 is 0 Å². The van der Waals surface area contributed by atoms with E-state index < -0.39 is 0 Å². The van der Waals surface area contributed by atoms with Gasteiger partial charge in [-0.15, -0.1) is 0 Å². The van der Waals surface area contributed by atoms with Crippen LogP contribution < -0.4 is 5.73 Å². The van der Waals surface area contributed by atoms with E-state index in [9.17, 15) is 0 Å². The zero-order chi connectivity index (χ0) is 10.9. The van der Waals surface area contributed by atoms with E-state index in [0.717, 1.165) is 39.0 Å². The number of aliphatic imine (C=N–C) groups is 1. The lowest BCUT2D eigenvalue weighted by atomic mass is 9.90. The molecule has 2 heterocycles. The third-order valence-corrected chi connectivity index (χ3v) is 3.63. The molecule has 2 unspecified atom stereocenters. The molecule has 15 heavy (non-hydrogen) atoms. The van der Waals surface area contributed by atoms with E-state index in [1.165, 1.54) is 0 Å². The van der Waals surface area contributed by atoms with E-state index in [2.05, 4.69) is 23.7 Å². The van der Waals surface area contributed by atoms with Crippen molar-refractivity contribution in [3.63, 3.8) is 0 Å². The summed E-state index contributed by atoms with van der Waals surface area (Å²) in [6.45, 7) is 6.87. The van der Waals surface area contributed by atoms with Crippen LogP contribution in [-0.2, 0) is 4.74 Å². The third kappa shape index (κ3) is 1.71. The molecule has 86 valence electrons. The summed E-state index contributed by atoms with van der Waals surface area (Å²) in [5.74, 6) is 0.704. The van der Waals surface area contributed by atoms with Gasteiger partial charge >= 0.3 is 0 Å². The summed E-state index contributed by atoms with van der Waals surface area (Å²) >= 11 is 0. The number of hydrogen-bond donors (Lipinski definition) is 1. The first kappa shape index (κ1) is 10.7. The highest BCUT2D eigenvalue weighted by molar-refractivity contribution is 5.81. The van der Waals surface area contributed by atoms with Crippen molar-refractivity contribution >= 4 is 5.96 Å². The summed E-state index contributed by atoms with van der Waals surface area (Å²) in [5, 5.41) is 0. The maximum atomic E-state index is 5.98. The van der Waals surface area contributed by atoms with Gasteiger partial charge in [-0.05, 0) is 26.2 Å². The van der Waals surface area contributed by atoms with Crippen LogP contribution in [0, 0.1) is 0 Å². The van der Waals surface area contributed by atoms with Crippen molar-refractivity contribution in [2.24, 2.45) is 10.7 Å². The molecule has 0 aromatic heterocycles. The molecule has 2 atom stereocenters. The third-order valence-electron chi connectivity index (χ3n) is 3.63. The van der Waals surface area contributed by atoms with Gasteiger partial charge in [0.15, 0.2) is 5.96 Å². The van der Waals surface area contributed by atoms with Gasteiger partial charge in [-0.3, -0.25) is 4.99 Å². The summed E-state index contributed by atoms with van der Waals surface area (Å²) in [4.78, 5) is 6.69. The molecule has 0 bridgehead atoms. The summed E-state index contributed by atoms with van der Waals surface area (Å²) in [7, 11) is 0. The lowest BCUT2D eigenvalue weighted by molar-refractivity contribution is -0.0205. The maximum Gasteiger partial charge on any atom is 0.192 e. The van der Waals surface area contributed by atoms with Gasteiger partial charge in [0.2, 0.25) is 0 Å². The summed E-state index contributed by atoms with van der Waals surface area (Å²) in [5.41, 5.74) is 6.05. The van der Waals surface area contributed by atoms with Crippen LogP contribution in [0.1, 0.15) is 33.1 Å². The molecule has 4 heteroatoms. The highest BCUT2D eigenvalue weighted by atomic mass is 16.5. The Morgan fingerprint density at radius 1 is 1.67 bits per heavy atom. The molecule has 2 rings (SSSR count). The fourth-order valence-corrected chi connectivity index (χ4v) is 2.65. The second kappa shape index (κ2) is 4.00. The molecule has 0 radical (unpaired) electrons. The molecule has 2 N–H and O–H groups in total. The van der Waals surface area contributed by atoms with Crippen molar-refractivity contribution in [1.29, 1.82) is 0 Å². The van der Waals surface area contributed by atoms with Crippen molar-refractivity contribution in [2.75, 3.05) is 19.8 Å². The van der Waals surface area contributed by atoms with Crippen LogP contribution in [0.15, 0.2) is 4.99 Å². The number of nitrogens with two attached hydrogens (primary N) is 1. The van der Waals surface area contributed by atoms with Crippen LogP contribution in [0.2, 0.25) is 0 Å². The van der Waals surface area contributed by atoms with Crippen molar-refractivity contribution in [1.82, 2.24) is 4.90 Å². The molecule has 0 aromatic carbocycles. The molecular weight excluding hydrogens is 190 g/mol. The van der Waals surface area contributed by atoms with Gasteiger partial charge in [-0.2, -0.15) is 0 Å². The van der Waals surface area contributed by atoms with Crippen LogP contribution in [-0.4, -0.2) is 42.2 Å². The molecule has 2 aliphatic heterocycles. The fourth-order valence-electron chi connectivity index (χ4n) is 2.65. The normalized spacial score (nSPS) is 33.2. The van der Waals surface area contributed by atoms with Gasteiger partial charge in [0.25, 0.3) is 0 Å². The van der Waals surface area contributed by atoms with Crippen molar-refractivity contribution in [2.45, 2.75) is 44.7 Å². The zero-order valence-electron chi connectivity index (χ0n) is 9.70. The molecule has 4 nitrogen and oxygen atoms in total. The minimum absolute atomic E-state index is 0.0672. The average Bonchev–Trinajstić information content (AvgIpc) is 2.56. The van der Waals surface area contributed by atoms with E-state index in [0.29, 0.717) is 12.0 Å². The van der Waals surface area contributed by atoms with Crippen molar-refractivity contribution in [3.05, 3.63) is 0 Å². The van der Waals surface area contributed by atoms with Crippen LogP contribution in [0.3, 0.4) is 0 Å². The standard InChI is InChI=1S/C11H21N3O/c1-3-9(2)14-10(12)13-7-11(14)5-4-6-15-8-11/h9H,3-8H2,1-2H3,(H2,12,13). The van der Waals surface area contributed by atoms with E-state index in [1.54, 1.807) is 0 Å². The van der Waals surface area contributed by atoms with Gasteiger partial charge in [0, 0.05) is 12.6 Å². The maximum absolute atomic E-state index is 5.98. The van der Waals surface area contributed by atoms with Crippen molar-refractivity contribution < 1.29 is 4.74 Å². The smallest absolute Gasteiger partial charge is 0.192 e. The highest BCUT2D eigenvalue weighted by Crippen LogP contribution is 2.32. The van der Waals surface area contributed by atoms with Crippen LogP contribution in [0.4, 0.5) is 0 Å². The largest absolute Gasteiger partial charge is 0.379 e. The molecule has 1 spiro atoms. The lowest BCUT2D eigenvalue weighted by Gasteiger charge is -2.44. The molecule has 2 aliphatic rings. The Morgan fingerprint density at radius 2 is 2.47 bits per heavy atom. The van der Waals surface area contributed by atoms with Gasteiger partial charge < -0.3 is 15.4 Å². The Hall–Kier alpha value is -0.770. The summed E-state index contributed by atoms with van der Waals surface area (Å²) in [6, 6.07) is 0.456. The van der Waals surface area contributed by atoms with Gasteiger partial charge in [0.1, 0.15) is 0 Å².